The average molecular weight is 372 g/mol. The fraction of sp³-hybridized carbons (Fsp3) is 0.350. The summed E-state index contributed by atoms with van der Waals surface area (Å²) in [7, 11) is 0. The maximum Gasteiger partial charge on any atom is 0.326 e. The number of hydrogen-bond donors (Lipinski definition) is 2. The molecule has 7 nitrogen and oxygen atoms in total. The highest BCUT2D eigenvalue weighted by atomic mass is 16.5. The largest absolute Gasteiger partial charge is 0.489 e. The molecule has 0 bridgehead atoms. The van der Waals surface area contributed by atoms with Crippen LogP contribution in [-0.2, 0) is 22.6 Å². The van der Waals surface area contributed by atoms with Gasteiger partial charge in [-0.2, -0.15) is 0 Å². The fourth-order valence-electron chi connectivity index (χ4n) is 2.54. The van der Waals surface area contributed by atoms with Gasteiger partial charge < -0.3 is 19.7 Å². The van der Waals surface area contributed by atoms with E-state index in [1.165, 1.54) is 0 Å². The predicted octanol–water partition coefficient (Wildman–Crippen LogP) is 2.95. The number of benzene rings is 1. The molecule has 1 atom stereocenters. The number of carbonyl (C=O) groups is 2. The van der Waals surface area contributed by atoms with Crippen molar-refractivity contribution in [3.8, 4) is 5.75 Å². The van der Waals surface area contributed by atoms with Crippen LogP contribution in [0.5, 0.6) is 5.75 Å². The Labute approximate surface area is 158 Å². The Morgan fingerprint density at radius 3 is 2.59 bits per heavy atom. The number of carbonyl (C=O) groups excluding carboxylic acids is 1. The zero-order chi connectivity index (χ0) is 19.8. The molecule has 1 amide bonds. The second kappa shape index (κ2) is 9.56. The van der Waals surface area contributed by atoms with Crippen molar-refractivity contribution in [1.82, 2.24) is 10.5 Å². The lowest BCUT2D eigenvalue weighted by atomic mass is 10.1. The first-order valence-electron chi connectivity index (χ1n) is 8.67. The quantitative estimate of drug-likeness (QED) is 0.622. The number of rotatable bonds is 10. The lowest BCUT2D eigenvalue weighted by Crippen LogP contribution is -2.41. The zero-order valence-corrected chi connectivity index (χ0v) is 15.5. The van der Waals surface area contributed by atoms with E-state index in [0.717, 1.165) is 22.6 Å². The van der Waals surface area contributed by atoms with Crippen molar-refractivity contribution in [1.29, 1.82) is 0 Å². The van der Waals surface area contributed by atoms with E-state index in [9.17, 15) is 9.59 Å². The highest BCUT2D eigenvalue weighted by molar-refractivity contribution is 5.84. The number of aryl methyl sites for hydroxylation is 2. The lowest BCUT2D eigenvalue weighted by Gasteiger charge is -2.13. The van der Waals surface area contributed by atoms with Crippen molar-refractivity contribution in [2.75, 3.05) is 0 Å². The number of aliphatic carboxylic acids is 1. The Hall–Kier alpha value is -3.09. The standard InChI is InChI=1S/C20H24N2O5/c1-4-5-6-18(20(24)25)21-19(23)11-15-7-9-16(10-8-15)26-12-17-13(2)22-27-14(17)3/h4,7-10,18H,1,5-6,11-12H2,2-3H3,(H,21,23)(H,24,25). The van der Waals surface area contributed by atoms with Crippen molar-refractivity contribution in [2.24, 2.45) is 0 Å². The van der Waals surface area contributed by atoms with E-state index < -0.39 is 12.0 Å². The first-order valence-corrected chi connectivity index (χ1v) is 8.67. The summed E-state index contributed by atoms with van der Waals surface area (Å²) < 4.78 is 10.8. The van der Waals surface area contributed by atoms with Crippen LogP contribution in [0.2, 0.25) is 0 Å². The Bertz CT molecular complexity index is 776. The summed E-state index contributed by atoms with van der Waals surface area (Å²) in [4.78, 5) is 23.3. The number of nitrogens with one attached hydrogen (secondary N) is 1. The summed E-state index contributed by atoms with van der Waals surface area (Å²) in [5.74, 6) is 0.00269. The van der Waals surface area contributed by atoms with Crippen LogP contribution in [0.1, 0.15) is 35.4 Å². The predicted molar refractivity (Wildman–Crippen MR) is 99.5 cm³/mol. The summed E-state index contributed by atoms with van der Waals surface area (Å²) in [5, 5.41) is 15.6. The number of hydrogen-bond acceptors (Lipinski definition) is 5. The van der Waals surface area contributed by atoms with Gasteiger partial charge in [0.25, 0.3) is 0 Å². The van der Waals surface area contributed by atoms with Crippen molar-refractivity contribution in [2.45, 2.75) is 45.8 Å². The van der Waals surface area contributed by atoms with Gasteiger partial charge in [0, 0.05) is 0 Å². The average Bonchev–Trinajstić information content (AvgIpc) is 2.96. The van der Waals surface area contributed by atoms with Crippen molar-refractivity contribution < 1.29 is 24.0 Å². The minimum Gasteiger partial charge on any atom is -0.489 e. The van der Waals surface area contributed by atoms with Gasteiger partial charge in [0.15, 0.2) is 0 Å². The van der Waals surface area contributed by atoms with Gasteiger partial charge in [-0.3, -0.25) is 4.79 Å². The molecule has 0 aliphatic heterocycles. The van der Waals surface area contributed by atoms with E-state index in [4.69, 9.17) is 14.4 Å². The van der Waals surface area contributed by atoms with Crippen LogP contribution in [0.25, 0.3) is 0 Å². The number of nitrogens with zero attached hydrogens (tertiary/aromatic N) is 1. The first-order chi connectivity index (χ1) is 12.9. The molecule has 0 saturated heterocycles. The van der Waals surface area contributed by atoms with Crippen LogP contribution < -0.4 is 10.1 Å². The molecule has 2 N–H and O–H groups in total. The van der Waals surface area contributed by atoms with Gasteiger partial charge >= 0.3 is 5.97 Å². The molecule has 7 heteroatoms. The van der Waals surface area contributed by atoms with E-state index in [0.29, 0.717) is 25.2 Å². The molecule has 2 rings (SSSR count). The first kappa shape index (κ1) is 20.2. The monoisotopic (exact) mass is 372 g/mol. The van der Waals surface area contributed by atoms with Crippen LogP contribution in [0.4, 0.5) is 0 Å². The molecule has 0 saturated carbocycles. The highest BCUT2D eigenvalue weighted by Crippen LogP contribution is 2.18. The van der Waals surface area contributed by atoms with E-state index >= 15 is 0 Å². The van der Waals surface area contributed by atoms with Crippen LogP contribution in [0.15, 0.2) is 41.4 Å². The molecule has 144 valence electrons. The van der Waals surface area contributed by atoms with Crippen molar-refractivity contribution in [3.63, 3.8) is 0 Å². The maximum absolute atomic E-state index is 12.1. The molecule has 1 aromatic carbocycles. The number of aromatic nitrogens is 1. The number of allylic oxidation sites excluding steroid dienone is 1. The van der Waals surface area contributed by atoms with Crippen LogP contribution in [0, 0.1) is 13.8 Å². The van der Waals surface area contributed by atoms with Gasteiger partial charge in [-0.05, 0) is 44.4 Å². The van der Waals surface area contributed by atoms with Gasteiger partial charge in [-0.15, -0.1) is 6.58 Å². The van der Waals surface area contributed by atoms with Crippen LogP contribution >= 0.6 is 0 Å². The smallest absolute Gasteiger partial charge is 0.326 e. The summed E-state index contributed by atoms with van der Waals surface area (Å²) in [6.07, 6.45) is 2.57. The number of ether oxygens (including phenoxy) is 1. The van der Waals surface area contributed by atoms with E-state index in [1.54, 1.807) is 30.3 Å². The summed E-state index contributed by atoms with van der Waals surface area (Å²) in [6, 6.07) is 6.19. The summed E-state index contributed by atoms with van der Waals surface area (Å²) >= 11 is 0. The molecule has 27 heavy (non-hydrogen) atoms. The molecule has 1 heterocycles. The lowest BCUT2D eigenvalue weighted by molar-refractivity contribution is -0.141. The second-order valence-electron chi connectivity index (χ2n) is 6.24. The summed E-state index contributed by atoms with van der Waals surface area (Å²) in [6.45, 7) is 7.60. The van der Waals surface area contributed by atoms with Gasteiger partial charge in [0.1, 0.15) is 24.2 Å². The fourth-order valence-corrected chi connectivity index (χ4v) is 2.54. The minimum absolute atomic E-state index is 0.0992. The Morgan fingerprint density at radius 2 is 2.04 bits per heavy atom. The van der Waals surface area contributed by atoms with Gasteiger partial charge in [0.05, 0.1) is 17.7 Å². The molecular weight excluding hydrogens is 348 g/mol. The van der Waals surface area contributed by atoms with E-state index in [1.807, 2.05) is 13.8 Å². The van der Waals surface area contributed by atoms with Gasteiger partial charge in [-0.25, -0.2) is 4.79 Å². The van der Waals surface area contributed by atoms with Gasteiger partial charge in [-0.1, -0.05) is 23.4 Å². The third-order valence-electron chi connectivity index (χ3n) is 4.15. The Kier molecular flexibility index (Phi) is 7.16. The molecule has 0 spiro atoms. The van der Waals surface area contributed by atoms with Gasteiger partial charge in [0.2, 0.25) is 5.91 Å². The molecule has 0 fully saturated rings. The van der Waals surface area contributed by atoms with Crippen molar-refractivity contribution in [3.05, 3.63) is 59.5 Å². The molecule has 1 aromatic heterocycles. The van der Waals surface area contributed by atoms with Crippen LogP contribution in [0.3, 0.4) is 0 Å². The van der Waals surface area contributed by atoms with Crippen molar-refractivity contribution >= 4 is 11.9 Å². The molecule has 0 radical (unpaired) electrons. The molecule has 2 aromatic rings. The second-order valence-corrected chi connectivity index (χ2v) is 6.24. The van der Waals surface area contributed by atoms with E-state index in [2.05, 4.69) is 17.1 Å². The third-order valence-corrected chi connectivity index (χ3v) is 4.15. The van der Waals surface area contributed by atoms with E-state index in [-0.39, 0.29) is 12.3 Å². The zero-order valence-electron chi connectivity index (χ0n) is 15.5. The summed E-state index contributed by atoms with van der Waals surface area (Å²) in [5.41, 5.74) is 2.48. The maximum atomic E-state index is 12.1. The normalized spacial score (nSPS) is 11.6. The molecule has 1 unspecified atom stereocenters. The number of amides is 1. The number of carboxylic acids is 1. The molecule has 0 aliphatic rings. The van der Waals surface area contributed by atoms with Crippen LogP contribution in [-0.4, -0.2) is 28.2 Å². The Morgan fingerprint density at radius 1 is 1.33 bits per heavy atom. The minimum atomic E-state index is -1.05. The highest BCUT2D eigenvalue weighted by Gasteiger charge is 2.19. The topological polar surface area (TPSA) is 102 Å². The SMILES string of the molecule is C=CCCC(NC(=O)Cc1ccc(OCc2c(C)noc2C)cc1)C(=O)O. The third kappa shape index (κ3) is 5.99. The molecule has 0 aliphatic carbocycles. The number of carboxylic acid groups (broad SMARTS) is 1. The Balaban J connectivity index is 1.88. The molecular formula is C20H24N2O5.